The van der Waals surface area contributed by atoms with Crippen LogP contribution >= 0.6 is 0 Å². The van der Waals surface area contributed by atoms with Gasteiger partial charge in [0.05, 0.1) is 18.7 Å². The summed E-state index contributed by atoms with van der Waals surface area (Å²) in [5, 5.41) is 0. The molecule has 2 aliphatic rings. The topological polar surface area (TPSA) is 48.0 Å². The van der Waals surface area contributed by atoms with E-state index >= 15 is 0 Å². The van der Waals surface area contributed by atoms with Crippen molar-refractivity contribution in [2.75, 3.05) is 32.9 Å². The molecule has 0 aromatic heterocycles. The zero-order valence-electron chi connectivity index (χ0n) is 13.3. The Hall–Kier alpha value is -2.53. The van der Waals surface area contributed by atoms with E-state index in [1.54, 1.807) is 6.07 Å². The van der Waals surface area contributed by atoms with Gasteiger partial charge < -0.3 is 19.1 Å². The maximum atomic E-state index is 13.0. The molecule has 0 bridgehead atoms. The van der Waals surface area contributed by atoms with Crippen molar-refractivity contribution in [3.8, 4) is 11.5 Å². The molecule has 5 heteroatoms. The Kier molecular flexibility index (Phi) is 4.09. The lowest BCUT2D eigenvalue weighted by molar-refractivity contribution is -0.0230. The molecule has 0 N–H and O–H groups in total. The van der Waals surface area contributed by atoms with Crippen LogP contribution in [0.1, 0.15) is 22.0 Å². The maximum absolute atomic E-state index is 13.0. The molecule has 0 unspecified atom stereocenters. The molecule has 2 aromatic rings. The quantitative estimate of drug-likeness (QED) is 0.852. The number of para-hydroxylation sites is 1. The van der Waals surface area contributed by atoms with E-state index in [0.29, 0.717) is 50.0 Å². The van der Waals surface area contributed by atoms with E-state index in [4.69, 9.17) is 14.2 Å². The monoisotopic (exact) mass is 325 g/mol. The molecule has 2 heterocycles. The number of nitrogens with zero attached hydrogens (tertiary/aromatic N) is 1. The zero-order valence-corrected chi connectivity index (χ0v) is 13.3. The van der Waals surface area contributed by atoms with Crippen LogP contribution in [0.25, 0.3) is 0 Å². The van der Waals surface area contributed by atoms with Crippen LogP contribution in [0.3, 0.4) is 0 Å². The predicted octanol–water partition coefficient (Wildman–Crippen LogP) is 2.67. The molecular weight excluding hydrogens is 306 g/mol. The minimum absolute atomic E-state index is 0.0402. The molecule has 1 saturated heterocycles. The molecule has 2 aromatic carbocycles. The standard InChI is InChI=1S/C19H19NO4/c21-19(15-7-4-8-16-18(15)24-12-11-23-16)20-9-10-22-17(13-20)14-5-2-1-3-6-14/h1-8,17H,9-13H2/t17-/m1/s1. The van der Waals surface area contributed by atoms with Gasteiger partial charge in [0.2, 0.25) is 0 Å². The molecule has 1 amide bonds. The fourth-order valence-electron chi connectivity index (χ4n) is 3.12. The van der Waals surface area contributed by atoms with Gasteiger partial charge in [-0.25, -0.2) is 0 Å². The van der Waals surface area contributed by atoms with Gasteiger partial charge in [-0.3, -0.25) is 4.79 Å². The van der Waals surface area contributed by atoms with Gasteiger partial charge in [-0.2, -0.15) is 0 Å². The van der Waals surface area contributed by atoms with Crippen molar-refractivity contribution >= 4 is 5.91 Å². The lowest BCUT2D eigenvalue weighted by Crippen LogP contribution is -2.42. The van der Waals surface area contributed by atoms with Crippen molar-refractivity contribution in [1.82, 2.24) is 4.90 Å². The number of carbonyl (C=O) groups is 1. The van der Waals surface area contributed by atoms with Crippen LogP contribution in [0.5, 0.6) is 11.5 Å². The van der Waals surface area contributed by atoms with Crippen LogP contribution in [-0.2, 0) is 4.74 Å². The largest absolute Gasteiger partial charge is 0.486 e. The third-order valence-electron chi connectivity index (χ3n) is 4.32. The van der Waals surface area contributed by atoms with Gasteiger partial charge >= 0.3 is 0 Å². The Labute approximate surface area is 140 Å². The van der Waals surface area contributed by atoms with Crippen LogP contribution in [-0.4, -0.2) is 43.7 Å². The fraction of sp³-hybridized carbons (Fsp3) is 0.316. The first-order valence-electron chi connectivity index (χ1n) is 8.17. The van der Waals surface area contributed by atoms with Crippen molar-refractivity contribution in [1.29, 1.82) is 0 Å². The van der Waals surface area contributed by atoms with Crippen LogP contribution < -0.4 is 9.47 Å². The summed E-state index contributed by atoms with van der Waals surface area (Å²) in [6, 6.07) is 15.5. The normalized spacial score (nSPS) is 19.8. The van der Waals surface area contributed by atoms with Crippen molar-refractivity contribution in [2.45, 2.75) is 6.10 Å². The summed E-state index contributed by atoms with van der Waals surface area (Å²) in [5.74, 6) is 1.15. The Morgan fingerprint density at radius 1 is 0.958 bits per heavy atom. The smallest absolute Gasteiger partial charge is 0.257 e. The molecule has 1 fully saturated rings. The summed E-state index contributed by atoms with van der Waals surface area (Å²) < 4.78 is 17.1. The predicted molar refractivity (Wildman–Crippen MR) is 88.5 cm³/mol. The minimum Gasteiger partial charge on any atom is -0.486 e. The van der Waals surface area contributed by atoms with E-state index in [-0.39, 0.29) is 12.0 Å². The van der Waals surface area contributed by atoms with Gasteiger partial charge in [0.25, 0.3) is 5.91 Å². The number of hydrogen-bond acceptors (Lipinski definition) is 4. The summed E-state index contributed by atoms with van der Waals surface area (Å²) >= 11 is 0. The van der Waals surface area contributed by atoms with Crippen LogP contribution in [0, 0.1) is 0 Å². The number of rotatable bonds is 2. The highest BCUT2D eigenvalue weighted by atomic mass is 16.6. The van der Waals surface area contributed by atoms with Crippen molar-refractivity contribution < 1.29 is 19.0 Å². The van der Waals surface area contributed by atoms with E-state index in [2.05, 4.69) is 0 Å². The third-order valence-corrected chi connectivity index (χ3v) is 4.32. The van der Waals surface area contributed by atoms with E-state index in [0.717, 1.165) is 5.56 Å². The molecule has 0 spiro atoms. The summed E-state index contributed by atoms with van der Waals surface area (Å²) in [5.41, 5.74) is 1.64. The zero-order chi connectivity index (χ0) is 16.4. The third kappa shape index (κ3) is 2.83. The molecule has 0 saturated carbocycles. The first kappa shape index (κ1) is 15.0. The molecule has 4 rings (SSSR count). The number of benzene rings is 2. The number of hydrogen-bond donors (Lipinski definition) is 0. The molecule has 5 nitrogen and oxygen atoms in total. The number of amides is 1. The molecule has 2 aliphatic heterocycles. The van der Waals surface area contributed by atoms with Gasteiger partial charge in [-0.1, -0.05) is 36.4 Å². The Bertz CT molecular complexity index is 731. The maximum Gasteiger partial charge on any atom is 0.257 e. The highest BCUT2D eigenvalue weighted by Gasteiger charge is 2.29. The molecule has 0 aliphatic carbocycles. The molecule has 124 valence electrons. The average Bonchev–Trinajstić information content (AvgIpc) is 2.68. The highest BCUT2D eigenvalue weighted by Crippen LogP contribution is 2.35. The SMILES string of the molecule is O=C(c1cccc2c1OCCO2)N1CCO[C@@H](c2ccccc2)C1. The fourth-order valence-corrected chi connectivity index (χ4v) is 3.12. The molecule has 24 heavy (non-hydrogen) atoms. The second-order valence-corrected chi connectivity index (χ2v) is 5.85. The van der Waals surface area contributed by atoms with E-state index in [9.17, 15) is 4.79 Å². The van der Waals surface area contributed by atoms with Gasteiger partial charge in [0.1, 0.15) is 19.3 Å². The van der Waals surface area contributed by atoms with Crippen molar-refractivity contribution in [3.05, 3.63) is 59.7 Å². The van der Waals surface area contributed by atoms with Crippen molar-refractivity contribution in [2.24, 2.45) is 0 Å². The van der Waals surface area contributed by atoms with E-state index in [1.807, 2.05) is 47.4 Å². The number of morpholine rings is 1. The van der Waals surface area contributed by atoms with Gasteiger partial charge in [-0.15, -0.1) is 0 Å². The second kappa shape index (κ2) is 6.53. The van der Waals surface area contributed by atoms with Crippen LogP contribution in [0.2, 0.25) is 0 Å². The Morgan fingerprint density at radius 2 is 1.79 bits per heavy atom. The van der Waals surface area contributed by atoms with Gasteiger partial charge in [0, 0.05) is 6.54 Å². The lowest BCUT2D eigenvalue weighted by Gasteiger charge is -2.34. The van der Waals surface area contributed by atoms with Crippen LogP contribution in [0.4, 0.5) is 0 Å². The second-order valence-electron chi connectivity index (χ2n) is 5.85. The summed E-state index contributed by atoms with van der Waals surface area (Å²) in [6.07, 6.45) is -0.0967. The van der Waals surface area contributed by atoms with Crippen LogP contribution in [0.15, 0.2) is 48.5 Å². The van der Waals surface area contributed by atoms with E-state index in [1.165, 1.54) is 0 Å². The van der Waals surface area contributed by atoms with Gasteiger partial charge in [-0.05, 0) is 17.7 Å². The van der Waals surface area contributed by atoms with Crippen molar-refractivity contribution in [3.63, 3.8) is 0 Å². The van der Waals surface area contributed by atoms with E-state index < -0.39 is 0 Å². The number of carbonyl (C=O) groups excluding carboxylic acids is 1. The van der Waals surface area contributed by atoms with Gasteiger partial charge in [0.15, 0.2) is 11.5 Å². The minimum atomic E-state index is -0.0967. The first-order valence-corrected chi connectivity index (χ1v) is 8.17. The molecule has 1 atom stereocenters. The molecular formula is C19H19NO4. The average molecular weight is 325 g/mol. The summed E-state index contributed by atoms with van der Waals surface area (Å²) in [4.78, 5) is 14.8. The lowest BCUT2D eigenvalue weighted by atomic mass is 10.1. The highest BCUT2D eigenvalue weighted by molar-refractivity contribution is 5.98. The Morgan fingerprint density at radius 3 is 2.67 bits per heavy atom. The Balaban J connectivity index is 1.56. The first-order chi connectivity index (χ1) is 11.8. The summed E-state index contributed by atoms with van der Waals surface area (Å²) in [6.45, 7) is 2.61. The number of ether oxygens (including phenoxy) is 3. The number of fused-ring (bicyclic) bond motifs is 1. The summed E-state index contributed by atoms with van der Waals surface area (Å²) in [7, 11) is 0. The molecule has 0 radical (unpaired) electrons.